The molecule has 1 aromatic carbocycles. The monoisotopic (exact) mass is 594 g/mol. The summed E-state index contributed by atoms with van der Waals surface area (Å²) in [7, 11) is 0. The Morgan fingerprint density at radius 1 is 1.15 bits per heavy atom. The van der Waals surface area contributed by atoms with Crippen LogP contribution in [0.3, 0.4) is 0 Å². The summed E-state index contributed by atoms with van der Waals surface area (Å²) in [5.41, 5.74) is 10.7. The fourth-order valence-electron chi connectivity index (χ4n) is 6.07. The number of imidazole rings is 1. The molecule has 210 valence electrons. The van der Waals surface area contributed by atoms with Gasteiger partial charge in [0.2, 0.25) is 0 Å². The van der Waals surface area contributed by atoms with Crippen molar-refractivity contribution in [2.45, 2.75) is 67.5 Å². The predicted molar refractivity (Wildman–Crippen MR) is 166 cm³/mol. The van der Waals surface area contributed by atoms with Gasteiger partial charge in [-0.3, -0.25) is 4.40 Å². The quantitative estimate of drug-likeness (QED) is 0.260. The minimum Gasteiger partial charge on any atom is -0.598 e. The largest absolute Gasteiger partial charge is 0.598 e. The normalized spacial score (nSPS) is 19.4. The standard InChI is InChI=1S/C30H35ClN6OS2/c1-19-17-23(37-16-13-34-28(37)25(19)39-22-9-12-33-27(32)24(22)31)36-14-10-30(11-15-36)18-20-7-5-6-8-21(20)26(30)35-40(38)29(2,3)4/h5-9,12-13,16-17,26,35H,10-11,14-15,18H2,1-4H3,(H2,32,33). The zero-order chi connectivity index (χ0) is 28.2. The lowest BCUT2D eigenvalue weighted by molar-refractivity contribution is 0.176. The maximum Gasteiger partial charge on any atom is 0.152 e. The van der Waals surface area contributed by atoms with E-state index in [-0.39, 0.29) is 16.2 Å². The van der Waals surface area contributed by atoms with Gasteiger partial charge in [-0.25, -0.2) is 9.97 Å². The maximum atomic E-state index is 13.3. The van der Waals surface area contributed by atoms with Crippen LogP contribution >= 0.6 is 23.4 Å². The number of halogens is 1. The summed E-state index contributed by atoms with van der Waals surface area (Å²) >= 11 is 6.89. The number of nitrogens with zero attached hydrogens (tertiary/aromatic N) is 4. The Hall–Kier alpha value is -2.43. The molecule has 10 heteroatoms. The first kappa shape index (κ1) is 27.7. The highest BCUT2D eigenvalue weighted by molar-refractivity contribution is 7.99. The van der Waals surface area contributed by atoms with Gasteiger partial charge in [0.1, 0.15) is 16.4 Å². The first-order chi connectivity index (χ1) is 19.1. The van der Waals surface area contributed by atoms with Crippen molar-refractivity contribution in [2.75, 3.05) is 23.7 Å². The Morgan fingerprint density at radius 2 is 1.90 bits per heavy atom. The van der Waals surface area contributed by atoms with Gasteiger partial charge in [0.15, 0.2) is 5.65 Å². The highest BCUT2D eigenvalue weighted by Gasteiger charge is 2.50. The van der Waals surface area contributed by atoms with Crippen LogP contribution in [0.5, 0.6) is 0 Å². The molecule has 0 amide bonds. The molecule has 1 saturated heterocycles. The molecule has 4 aromatic rings. The lowest BCUT2D eigenvalue weighted by Crippen LogP contribution is -2.50. The number of hydrogen-bond acceptors (Lipinski definition) is 7. The van der Waals surface area contributed by atoms with E-state index >= 15 is 0 Å². The molecular formula is C30H35ClN6OS2. The van der Waals surface area contributed by atoms with E-state index in [1.165, 1.54) is 11.1 Å². The SMILES string of the molecule is Cc1cc(N2CCC3(CC2)Cc2ccccc2C3N[S+]([O-])C(C)(C)C)n2ccnc2c1Sc1ccnc(N)c1Cl. The van der Waals surface area contributed by atoms with Crippen LogP contribution in [-0.2, 0) is 17.8 Å². The first-order valence-electron chi connectivity index (χ1n) is 13.6. The van der Waals surface area contributed by atoms with E-state index in [4.69, 9.17) is 22.3 Å². The minimum atomic E-state index is -1.15. The minimum absolute atomic E-state index is 0.0397. The smallest absolute Gasteiger partial charge is 0.152 e. The van der Waals surface area contributed by atoms with E-state index < -0.39 is 11.4 Å². The maximum absolute atomic E-state index is 13.3. The lowest BCUT2D eigenvalue weighted by atomic mass is 9.73. The van der Waals surface area contributed by atoms with Gasteiger partial charge in [0.25, 0.3) is 0 Å². The molecule has 2 atom stereocenters. The summed E-state index contributed by atoms with van der Waals surface area (Å²) in [5.74, 6) is 1.47. The third kappa shape index (κ3) is 4.86. The molecule has 0 radical (unpaired) electrons. The third-order valence-electron chi connectivity index (χ3n) is 8.27. The Kier molecular flexibility index (Phi) is 7.24. The average Bonchev–Trinajstić information content (AvgIpc) is 3.52. The summed E-state index contributed by atoms with van der Waals surface area (Å²) < 4.78 is 18.7. The van der Waals surface area contributed by atoms with Crippen molar-refractivity contribution in [3.05, 3.63) is 76.7 Å². The second-order valence-corrected chi connectivity index (χ2v) is 15.3. The van der Waals surface area contributed by atoms with E-state index in [2.05, 4.69) is 56.3 Å². The molecule has 40 heavy (non-hydrogen) atoms. The summed E-state index contributed by atoms with van der Waals surface area (Å²) in [5, 5.41) is 0.468. The van der Waals surface area contributed by atoms with Gasteiger partial charge in [0, 0.05) is 53.4 Å². The van der Waals surface area contributed by atoms with Gasteiger partial charge in [-0.1, -0.05) is 47.6 Å². The summed E-state index contributed by atoms with van der Waals surface area (Å²) in [6.45, 7) is 10.1. The van der Waals surface area contributed by atoms with Crippen molar-refractivity contribution in [3.63, 3.8) is 0 Å². The molecule has 7 nitrogen and oxygen atoms in total. The van der Waals surface area contributed by atoms with Crippen molar-refractivity contribution in [1.82, 2.24) is 19.1 Å². The number of pyridine rings is 2. The van der Waals surface area contributed by atoms with Crippen LogP contribution in [0.15, 0.2) is 64.8 Å². The topological polar surface area (TPSA) is 94.5 Å². The van der Waals surface area contributed by atoms with E-state index in [1.807, 2.05) is 39.2 Å². The molecule has 1 aliphatic heterocycles. The Morgan fingerprint density at radius 3 is 2.65 bits per heavy atom. The first-order valence-corrected chi connectivity index (χ1v) is 16.0. The van der Waals surface area contributed by atoms with Crippen molar-refractivity contribution in [2.24, 2.45) is 5.41 Å². The number of aromatic nitrogens is 3. The van der Waals surface area contributed by atoms with Crippen molar-refractivity contribution in [3.8, 4) is 0 Å². The van der Waals surface area contributed by atoms with Crippen molar-refractivity contribution >= 4 is 52.0 Å². The molecular weight excluding hydrogens is 560 g/mol. The third-order valence-corrected chi connectivity index (χ3v) is 11.6. The van der Waals surface area contributed by atoms with Gasteiger partial charge >= 0.3 is 0 Å². The predicted octanol–water partition coefficient (Wildman–Crippen LogP) is 6.36. The molecule has 0 saturated carbocycles. The van der Waals surface area contributed by atoms with E-state index in [0.717, 1.165) is 59.2 Å². The van der Waals surface area contributed by atoms with Gasteiger partial charge in [-0.2, -0.15) is 0 Å². The molecule has 1 aliphatic carbocycles. The molecule has 1 fully saturated rings. The van der Waals surface area contributed by atoms with Crippen LogP contribution in [-0.4, -0.2) is 36.8 Å². The number of nitrogen functional groups attached to an aromatic ring is 1. The summed E-state index contributed by atoms with van der Waals surface area (Å²) in [6.07, 6.45) is 8.60. The molecule has 2 aliphatic rings. The highest BCUT2D eigenvalue weighted by Crippen LogP contribution is 2.53. The van der Waals surface area contributed by atoms with Crippen LogP contribution < -0.4 is 15.4 Å². The van der Waals surface area contributed by atoms with Gasteiger partial charge in [-0.15, -0.1) is 4.72 Å². The van der Waals surface area contributed by atoms with E-state index in [9.17, 15) is 4.55 Å². The fourth-order valence-corrected chi connectivity index (χ4v) is 8.25. The number of anilines is 2. The highest BCUT2D eigenvalue weighted by atomic mass is 35.5. The van der Waals surface area contributed by atoms with Crippen LogP contribution in [0.25, 0.3) is 5.65 Å². The second kappa shape index (κ2) is 10.4. The number of benzene rings is 1. The number of rotatable bonds is 5. The average molecular weight is 595 g/mol. The number of nitrogens with one attached hydrogen (secondary N) is 1. The Labute approximate surface area is 248 Å². The lowest BCUT2D eigenvalue weighted by Gasteiger charge is -2.44. The second-order valence-electron chi connectivity index (χ2n) is 11.9. The molecule has 3 aromatic heterocycles. The number of fused-ring (bicyclic) bond motifs is 2. The fraction of sp³-hybridized carbons (Fsp3) is 0.400. The van der Waals surface area contributed by atoms with Gasteiger partial charge < -0.3 is 15.2 Å². The molecule has 1 spiro atoms. The van der Waals surface area contributed by atoms with Gasteiger partial charge in [-0.05, 0) is 75.8 Å². The molecule has 4 heterocycles. The van der Waals surface area contributed by atoms with Crippen LogP contribution in [0.1, 0.15) is 56.3 Å². The Balaban J connectivity index is 1.28. The van der Waals surface area contributed by atoms with Crippen molar-refractivity contribution < 1.29 is 4.55 Å². The van der Waals surface area contributed by atoms with Crippen LogP contribution in [0.2, 0.25) is 5.02 Å². The molecule has 3 N–H and O–H groups in total. The van der Waals surface area contributed by atoms with Crippen LogP contribution in [0.4, 0.5) is 11.6 Å². The summed E-state index contributed by atoms with van der Waals surface area (Å²) in [6, 6.07) is 12.9. The van der Waals surface area contributed by atoms with E-state index in [1.54, 1.807) is 18.0 Å². The number of hydrogen-bond donors (Lipinski definition) is 2. The molecule has 2 unspecified atom stereocenters. The van der Waals surface area contributed by atoms with Crippen LogP contribution in [0, 0.1) is 12.3 Å². The number of aryl methyl sites for hydroxylation is 1. The van der Waals surface area contributed by atoms with E-state index in [0.29, 0.717) is 10.8 Å². The van der Waals surface area contributed by atoms with Crippen molar-refractivity contribution in [1.29, 1.82) is 0 Å². The number of nitrogens with two attached hydrogens (primary N) is 1. The zero-order valence-electron chi connectivity index (χ0n) is 23.3. The Bertz CT molecular complexity index is 1560. The summed E-state index contributed by atoms with van der Waals surface area (Å²) in [4.78, 5) is 13.2. The molecule has 6 rings (SSSR count). The van der Waals surface area contributed by atoms with Gasteiger partial charge in [0.05, 0.1) is 16.0 Å². The molecule has 0 bridgehead atoms. The zero-order valence-corrected chi connectivity index (χ0v) is 25.7. The number of piperidine rings is 1.